The SMILES string of the molecule is CCNc1c(C(C)=Nc2ccc(OC(F)(F)F)cc2)cc(C(=P)N2CCCC2COC)n1C. The molecule has 1 unspecified atom stereocenters. The molecule has 1 saturated heterocycles. The molecule has 1 aliphatic heterocycles. The van der Waals surface area contributed by atoms with Gasteiger partial charge < -0.3 is 19.4 Å². The van der Waals surface area contributed by atoms with Crippen LogP contribution in [0.15, 0.2) is 35.3 Å². The molecule has 1 N–H and O–H groups in total. The highest BCUT2D eigenvalue weighted by atomic mass is 31.0. The topological polar surface area (TPSA) is 51.0 Å². The van der Waals surface area contributed by atoms with Gasteiger partial charge in [0, 0.05) is 44.6 Å². The van der Waals surface area contributed by atoms with E-state index < -0.39 is 6.36 Å². The molecule has 180 valence electrons. The molecule has 1 fully saturated rings. The predicted octanol–water partition coefficient (Wildman–Crippen LogP) is 5.23. The molecule has 2 heterocycles. The summed E-state index contributed by atoms with van der Waals surface area (Å²) in [7, 11) is 7.59. The summed E-state index contributed by atoms with van der Waals surface area (Å²) in [6, 6.07) is 7.91. The molecule has 1 aromatic carbocycles. The quantitative estimate of drug-likeness (QED) is 0.393. The number of aromatic nitrogens is 1. The lowest BCUT2D eigenvalue weighted by Crippen LogP contribution is -2.38. The van der Waals surface area contributed by atoms with E-state index in [-0.39, 0.29) is 5.75 Å². The molecule has 10 heteroatoms. The van der Waals surface area contributed by atoms with Crippen LogP contribution in [0.3, 0.4) is 0 Å². The first-order valence-corrected chi connectivity index (χ1v) is 11.3. The third-order valence-electron chi connectivity index (χ3n) is 5.60. The Bertz CT molecular complexity index is 1000. The monoisotopic (exact) mass is 482 g/mol. The minimum Gasteiger partial charge on any atom is -0.406 e. The molecule has 0 amide bonds. The summed E-state index contributed by atoms with van der Waals surface area (Å²) in [4.78, 5) is 6.95. The van der Waals surface area contributed by atoms with Crippen molar-refractivity contribution in [3.63, 3.8) is 0 Å². The number of hydrogen-bond donors (Lipinski definition) is 1. The number of anilines is 1. The Balaban J connectivity index is 1.90. The predicted molar refractivity (Wildman–Crippen MR) is 129 cm³/mol. The minimum absolute atomic E-state index is 0.274. The van der Waals surface area contributed by atoms with Gasteiger partial charge in [0.1, 0.15) is 11.6 Å². The molecule has 2 aromatic rings. The first kappa shape index (κ1) is 25.3. The maximum absolute atomic E-state index is 12.4. The van der Waals surface area contributed by atoms with E-state index in [2.05, 4.69) is 39.4 Å². The second-order valence-corrected chi connectivity index (χ2v) is 8.39. The fraction of sp³-hybridized carbons (Fsp3) is 0.478. The summed E-state index contributed by atoms with van der Waals surface area (Å²) in [5.74, 6) is 0.646. The molecular formula is C23H30F3N4O2P. The normalized spacial score (nSPS) is 17.4. The van der Waals surface area contributed by atoms with E-state index in [4.69, 9.17) is 4.74 Å². The van der Waals surface area contributed by atoms with Gasteiger partial charge in [0.2, 0.25) is 0 Å². The van der Waals surface area contributed by atoms with Gasteiger partial charge in [0.05, 0.1) is 23.4 Å². The van der Waals surface area contributed by atoms with E-state index in [1.54, 1.807) is 7.11 Å². The lowest BCUT2D eigenvalue weighted by molar-refractivity contribution is -0.274. The van der Waals surface area contributed by atoms with Crippen molar-refractivity contribution in [2.75, 3.05) is 32.1 Å². The molecule has 0 spiro atoms. The van der Waals surface area contributed by atoms with Crippen molar-refractivity contribution in [3.05, 3.63) is 41.6 Å². The molecular weight excluding hydrogens is 452 g/mol. The highest BCUT2D eigenvalue weighted by Gasteiger charge is 2.31. The Morgan fingerprint density at radius 3 is 2.58 bits per heavy atom. The Morgan fingerprint density at radius 2 is 1.97 bits per heavy atom. The average molecular weight is 482 g/mol. The summed E-state index contributed by atoms with van der Waals surface area (Å²) in [6.45, 7) is 6.25. The van der Waals surface area contributed by atoms with Crippen LogP contribution in [-0.2, 0) is 11.8 Å². The third-order valence-corrected chi connectivity index (χ3v) is 6.14. The largest absolute Gasteiger partial charge is 0.573 e. The second-order valence-electron chi connectivity index (χ2n) is 7.91. The van der Waals surface area contributed by atoms with Crippen LogP contribution in [-0.4, -0.2) is 59.8 Å². The number of hydrogen-bond acceptors (Lipinski definition) is 4. The fourth-order valence-corrected chi connectivity index (χ4v) is 4.64. The molecule has 0 saturated carbocycles. The van der Waals surface area contributed by atoms with Crippen molar-refractivity contribution in [2.45, 2.75) is 39.1 Å². The third kappa shape index (κ3) is 6.16. The molecule has 0 radical (unpaired) electrons. The smallest absolute Gasteiger partial charge is 0.406 e. The van der Waals surface area contributed by atoms with E-state index in [1.165, 1.54) is 24.3 Å². The van der Waals surface area contributed by atoms with Crippen LogP contribution in [0, 0.1) is 0 Å². The van der Waals surface area contributed by atoms with Crippen LogP contribution < -0.4 is 10.1 Å². The van der Waals surface area contributed by atoms with Gasteiger partial charge in [0.15, 0.2) is 0 Å². The second kappa shape index (κ2) is 10.7. The first-order valence-electron chi connectivity index (χ1n) is 10.8. The van der Waals surface area contributed by atoms with Crippen molar-refractivity contribution in [2.24, 2.45) is 12.0 Å². The van der Waals surface area contributed by atoms with Crippen molar-refractivity contribution in [1.82, 2.24) is 9.47 Å². The summed E-state index contributed by atoms with van der Waals surface area (Å²) in [5, 5.41) is 3.41. The number of ether oxygens (including phenoxy) is 2. The summed E-state index contributed by atoms with van der Waals surface area (Å²) in [5.41, 5.74) is 4.19. The van der Waals surface area contributed by atoms with Crippen LogP contribution in [0.5, 0.6) is 5.75 Å². The van der Waals surface area contributed by atoms with Crippen molar-refractivity contribution in [1.29, 1.82) is 0 Å². The number of alkyl halides is 3. The lowest BCUT2D eigenvalue weighted by atomic mass is 10.2. The maximum atomic E-state index is 12.4. The van der Waals surface area contributed by atoms with Gasteiger partial charge in [-0.05, 0) is 57.0 Å². The molecule has 3 rings (SSSR count). The van der Waals surface area contributed by atoms with Gasteiger partial charge >= 0.3 is 6.36 Å². The van der Waals surface area contributed by atoms with Gasteiger partial charge in [-0.3, -0.25) is 9.89 Å². The van der Waals surface area contributed by atoms with Gasteiger partial charge in [-0.25, -0.2) is 0 Å². The molecule has 6 nitrogen and oxygen atoms in total. The standard InChI is InChI=1S/C23H30F3N4O2P/c1-5-27-21-19(15(2)28-16-8-10-18(11-9-16)32-23(24,25)26)13-20(29(21)3)22(33)30-12-6-7-17(30)14-31-4/h8-11,13,17,27,33H,5-7,12,14H2,1-4H3. The maximum Gasteiger partial charge on any atom is 0.573 e. The zero-order chi connectivity index (χ0) is 24.2. The van der Waals surface area contributed by atoms with E-state index in [1.807, 2.05) is 20.9 Å². The van der Waals surface area contributed by atoms with Crippen LogP contribution in [0.2, 0.25) is 0 Å². The Morgan fingerprint density at radius 1 is 1.27 bits per heavy atom. The fourth-order valence-electron chi connectivity index (χ4n) is 4.11. The van der Waals surface area contributed by atoms with E-state index >= 15 is 0 Å². The highest BCUT2D eigenvalue weighted by molar-refractivity contribution is 7.21. The number of halogens is 3. The minimum atomic E-state index is -4.72. The van der Waals surface area contributed by atoms with E-state index in [0.29, 0.717) is 18.3 Å². The highest BCUT2D eigenvalue weighted by Crippen LogP contribution is 2.29. The van der Waals surface area contributed by atoms with E-state index in [9.17, 15) is 13.2 Å². The van der Waals surface area contributed by atoms with E-state index in [0.717, 1.165) is 54.1 Å². The number of nitrogens with one attached hydrogen (secondary N) is 1. The first-order chi connectivity index (χ1) is 15.6. The lowest BCUT2D eigenvalue weighted by Gasteiger charge is -2.25. The zero-order valence-electron chi connectivity index (χ0n) is 19.3. The van der Waals surface area contributed by atoms with Gasteiger partial charge in [-0.15, -0.1) is 13.2 Å². The molecule has 1 atom stereocenters. The van der Waals surface area contributed by atoms with Crippen molar-refractivity contribution >= 4 is 31.5 Å². The number of aliphatic imine (C=N–C) groups is 1. The molecule has 0 aliphatic carbocycles. The summed E-state index contributed by atoms with van der Waals surface area (Å²) in [6.07, 6.45) is -2.54. The zero-order valence-corrected chi connectivity index (χ0v) is 20.3. The summed E-state index contributed by atoms with van der Waals surface area (Å²) >= 11 is 0. The number of likely N-dealkylation sites (tertiary alicyclic amines) is 1. The van der Waals surface area contributed by atoms with Crippen LogP contribution in [0.1, 0.15) is 37.9 Å². The number of methoxy groups -OCH3 is 1. The molecule has 33 heavy (non-hydrogen) atoms. The Kier molecular flexibility index (Phi) is 8.21. The number of benzene rings is 1. The number of nitrogens with zero attached hydrogens (tertiary/aromatic N) is 3. The molecule has 1 aromatic heterocycles. The van der Waals surface area contributed by atoms with Crippen LogP contribution in [0.25, 0.3) is 0 Å². The molecule has 0 bridgehead atoms. The van der Waals surface area contributed by atoms with Crippen LogP contribution >= 0.6 is 8.86 Å². The van der Waals surface area contributed by atoms with Gasteiger partial charge in [-0.2, -0.15) is 0 Å². The Labute approximate surface area is 194 Å². The Hall–Kier alpha value is -2.35. The van der Waals surface area contributed by atoms with Crippen LogP contribution in [0.4, 0.5) is 24.7 Å². The average Bonchev–Trinajstić information content (AvgIpc) is 3.34. The van der Waals surface area contributed by atoms with Crippen molar-refractivity contribution < 1.29 is 22.6 Å². The van der Waals surface area contributed by atoms with Crippen molar-refractivity contribution in [3.8, 4) is 5.75 Å². The molecule has 1 aliphatic rings. The summed E-state index contributed by atoms with van der Waals surface area (Å²) < 4.78 is 48.6. The number of rotatable bonds is 9. The van der Waals surface area contributed by atoms with Gasteiger partial charge in [0.25, 0.3) is 0 Å². The van der Waals surface area contributed by atoms with Gasteiger partial charge in [-0.1, -0.05) is 8.86 Å².